The van der Waals surface area contributed by atoms with Crippen molar-refractivity contribution in [3.63, 3.8) is 0 Å². The molecule has 1 N–H and O–H groups in total. The highest BCUT2D eigenvalue weighted by Gasteiger charge is 2.25. The molecule has 2 aromatic carbocycles. The Morgan fingerprint density at radius 3 is 2.31 bits per heavy atom. The molecule has 0 saturated carbocycles. The van der Waals surface area contributed by atoms with Crippen LogP contribution in [-0.4, -0.2) is 39.6 Å². The van der Waals surface area contributed by atoms with Crippen LogP contribution in [0.25, 0.3) is 5.69 Å². The number of carbonyl (C=O) groups excluding carboxylic acids is 2. The number of fused-ring (bicyclic) bond motifs is 1. The standard InChI is InChI=1S/C25H27FN4O2/c1-3-29(4-2)25(32)17-9-13-19(14-10-17)27-24(31)23-21-7-5-6-8-22(21)30(28-23)20-15-11-18(26)12-16-20/h9-16H,3-8H2,1-2H3,(H,27,31). The topological polar surface area (TPSA) is 67.2 Å². The van der Waals surface area contributed by atoms with Crippen LogP contribution in [0.1, 0.15) is 58.8 Å². The number of hydrogen-bond donors (Lipinski definition) is 1. The quantitative estimate of drug-likeness (QED) is 0.615. The van der Waals surface area contributed by atoms with Crippen molar-refractivity contribution in [1.29, 1.82) is 0 Å². The summed E-state index contributed by atoms with van der Waals surface area (Å²) in [5.74, 6) is -0.623. The predicted octanol–water partition coefficient (Wildman–Crippen LogP) is 4.62. The maximum Gasteiger partial charge on any atom is 0.276 e. The van der Waals surface area contributed by atoms with Crippen LogP contribution in [-0.2, 0) is 12.8 Å². The third kappa shape index (κ3) is 4.28. The number of amides is 2. The lowest BCUT2D eigenvalue weighted by Gasteiger charge is -2.18. The fourth-order valence-electron chi connectivity index (χ4n) is 4.16. The van der Waals surface area contributed by atoms with E-state index < -0.39 is 0 Å². The Hall–Kier alpha value is -3.48. The Bertz CT molecular complexity index is 1120. The van der Waals surface area contributed by atoms with E-state index in [9.17, 15) is 14.0 Å². The molecule has 32 heavy (non-hydrogen) atoms. The number of halogens is 1. The van der Waals surface area contributed by atoms with E-state index >= 15 is 0 Å². The Labute approximate surface area is 187 Å². The van der Waals surface area contributed by atoms with Crippen molar-refractivity contribution >= 4 is 17.5 Å². The summed E-state index contributed by atoms with van der Waals surface area (Å²) < 4.78 is 15.1. The summed E-state index contributed by atoms with van der Waals surface area (Å²) in [5.41, 5.74) is 4.28. The maximum absolute atomic E-state index is 13.4. The zero-order valence-electron chi connectivity index (χ0n) is 18.4. The monoisotopic (exact) mass is 434 g/mol. The van der Waals surface area contributed by atoms with E-state index in [0.29, 0.717) is 30.0 Å². The van der Waals surface area contributed by atoms with Crippen LogP contribution in [0, 0.1) is 5.82 Å². The van der Waals surface area contributed by atoms with E-state index in [2.05, 4.69) is 10.4 Å². The van der Waals surface area contributed by atoms with Crippen LogP contribution in [0.2, 0.25) is 0 Å². The van der Waals surface area contributed by atoms with Gasteiger partial charge in [0.15, 0.2) is 5.69 Å². The second-order valence-electron chi connectivity index (χ2n) is 7.88. The highest BCUT2D eigenvalue weighted by atomic mass is 19.1. The molecule has 0 saturated heterocycles. The van der Waals surface area contributed by atoms with E-state index in [1.807, 2.05) is 13.8 Å². The van der Waals surface area contributed by atoms with Gasteiger partial charge in [0.05, 0.1) is 5.69 Å². The molecule has 4 rings (SSSR count). The number of nitrogens with zero attached hydrogens (tertiary/aromatic N) is 3. The largest absolute Gasteiger partial charge is 0.339 e. The number of aromatic nitrogens is 2. The molecule has 0 aliphatic heterocycles. The summed E-state index contributed by atoms with van der Waals surface area (Å²) >= 11 is 0. The fraction of sp³-hybridized carbons (Fsp3) is 0.320. The second kappa shape index (κ2) is 9.34. The number of anilines is 1. The first-order chi connectivity index (χ1) is 15.5. The molecule has 0 unspecified atom stereocenters. The molecule has 0 bridgehead atoms. The number of rotatable bonds is 6. The summed E-state index contributed by atoms with van der Waals surface area (Å²) in [7, 11) is 0. The molecule has 2 amide bonds. The Kier molecular flexibility index (Phi) is 6.35. The third-order valence-electron chi connectivity index (χ3n) is 5.91. The van der Waals surface area contributed by atoms with Gasteiger partial charge in [-0.15, -0.1) is 0 Å². The van der Waals surface area contributed by atoms with Gasteiger partial charge in [0.2, 0.25) is 0 Å². The molecule has 0 fully saturated rings. The molecule has 166 valence electrons. The van der Waals surface area contributed by atoms with Crippen molar-refractivity contribution in [3.8, 4) is 5.69 Å². The van der Waals surface area contributed by atoms with E-state index in [4.69, 9.17) is 0 Å². The SMILES string of the molecule is CCN(CC)C(=O)c1ccc(NC(=O)c2nn(-c3ccc(F)cc3)c3c2CCCC3)cc1. The Balaban J connectivity index is 1.57. The van der Waals surface area contributed by atoms with E-state index in [0.717, 1.165) is 42.6 Å². The van der Waals surface area contributed by atoms with Crippen LogP contribution < -0.4 is 5.32 Å². The van der Waals surface area contributed by atoms with Gasteiger partial charge in [-0.3, -0.25) is 9.59 Å². The first-order valence-corrected chi connectivity index (χ1v) is 11.1. The summed E-state index contributed by atoms with van der Waals surface area (Å²) in [4.78, 5) is 27.3. The molecule has 1 aromatic heterocycles. The molecule has 0 atom stereocenters. The molecular weight excluding hydrogens is 407 g/mol. The Morgan fingerprint density at radius 2 is 1.66 bits per heavy atom. The molecular formula is C25H27FN4O2. The highest BCUT2D eigenvalue weighted by molar-refractivity contribution is 6.04. The second-order valence-corrected chi connectivity index (χ2v) is 7.88. The molecule has 0 spiro atoms. The summed E-state index contributed by atoms with van der Waals surface area (Å²) in [5, 5.41) is 7.51. The summed E-state index contributed by atoms with van der Waals surface area (Å²) in [6.07, 6.45) is 3.65. The minimum atomic E-state index is -0.310. The van der Waals surface area contributed by atoms with Gasteiger partial charge in [0.1, 0.15) is 5.82 Å². The van der Waals surface area contributed by atoms with Crippen LogP contribution >= 0.6 is 0 Å². The van der Waals surface area contributed by atoms with Crippen LogP contribution in [0.5, 0.6) is 0 Å². The lowest BCUT2D eigenvalue weighted by atomic mass is 9.95. The normalized spacial score (nSPS) is 12.8. The average Bonchev–Trinajstić information content (AvgIpc) is 3.21. The van der Waals surface area contributed by atoms with Gasteiger partial charge in [0.25, 0.3) is 11.8 Å². The molecule has 0 radical (unpaired) electrons. The third-order valence-corrected chi connectivity index (χ3v) is 5.91. The van der Waals surface area contributed by atoms with Crippen LogP contribution in [0.15, 0.2) is 48.5 Å². The van der Waals surface area contributed by atoms with Gasteiger partial charge in [0, 0.05) is 35.6 Å². The van der Waals surface area contributed by atoms with Crippen LogP contribution in [0.3, 0.4) is 0 Å². The summed E-state index contributed by atoms with van der Waals surface area (Å²) in [6.45, 7) is 5.19. The maximum atomic E-state index is 13.4. The molecule has 1 aliphatic carbocycles. The van der Waals surface area contributed by atoms with Gasteiger partial charge in [-0.1, -0.05) is 0 Å². The number of carbonyl (C=O) groups is 2. The lowest BCUT2D eigenvalue weighted by Crippen LogP contribution is -2.30. The van der Waals surface area contributed by atoms with Crippen molar-refractivity contribution < 1.29 is 14.0 Å². The first kappa shape index (κ1) is 21.7. The van der Waals surface area contributed by atoms with E-state index in [1.165, 1.54) is 12.1 Å². The molecule has 7 heteroatoms. The van der Waals surface area contributed by atoms with E-state index in [1.54, 1.807) is 46.0 Å². The smallest absolute Gasteiger partial charge is 0.276 e. The molecule has 1 aliphatic rings. The number of nitrogens with one attached hydrogen (secondary N) is 1. The van der Waals surface area contributed by atoms with Crippen molar-refractivity contribution in [1.82, 2.24) is 14.7 Å². The molecule has 3 aromatic rings. The van der Waals surface area contributed by atoms with Gasteiger partial charge in [-0.05, 0) is 88.1 Å². The van der Waals surface area contributed by atoms with Gasteiger partial charge < -0.3 is 10.2 Å². The van der Waals surface area contributed by atoms with Crippen molar-refractivity contribution in [3.05, 3.63) is 76.9 Å². The highest BCUT2D eigenvalue weighted by Crippen LogP contribution is 2.27. The summed E-state index contributed by atoms with van der Waals surface area (Å²) in [6, 6.07) is 13.1. The van der Waals surface area contributed by atoms with Crippen molar-refractivity contribution in [2.45, 2.75) is 39.5 Å². The van der Waals surface area contributed by atoms with Gasteiger partial charge in [-0.2, -0.15) is 5.10 Å². The van der Waals surface area contributed by atoms with Crippen LogP contribution in [0.4, 0.5) is 10.1 Å². The van der Waals surface area contributed by atoms with Gasteiger partial charge in [-0.25, -0.2) is 9.07 Å². The zero-order valence-corrected chi connectivity index (χ0v) is 18.4. The lowest BCUT2D eigenvalue weighted by molar-refractivity contribution is 0.0773. The Morgan fingerprint density at radius 1 is 1.00 bits per heavy atom. The number of hydrogen-bond acceptors (Lipinski definition) is 3. The minimum absolute atomic E-state index is 0.0278. The fourth-order valence-corrected chi connectivity index (χ4v) is 4.16. The minimum Gasteiger partial charge on any atom is -0.339 e. The van der Waals surface area contributed by atoms with Crippen molar-refractivity contribution in [2.75, 3.05) is 18.4 Å². The molecule has 6 nitrogen and oxygen atoms in total. The zero-order chi connectivity index (χ0) is 22.7. The van der Waals surface area contributed by atoms with Gasteiger partial charge >= 0.3 is 0 Å². The predicted molar refractivity (Wildman–Crippen MR) is 122 cm³/mol. The average molecular weight is 435 g/mol. The molecule has 1 heterocycles. The van der Waals surface area contributed by atoms with E-state index in [-0.39, 0.29) is 17.6 Å². The number of benzene rings is 2. The first-order valence-electron chi connectivity index (χ1n) is 11.1. The van der Waals surface area contributed by atoms with Crippen molar-refractivity contribution in [2.24, 2.45) is 0 Å².